The van der Waals surface area contributed by atoms with Gasteiger partial charge in [0.1, 0.15) is 0 Å². The van der Waals surface area contributed by atoms with Crippen LogP contribution in [0.25, 0.3) is 0 Å². The molecule has 0 saturated heterocycles. The van der Waals surface area contributed by atoms with Gasteiger partial charge in [0.05, 0.1) is 17.1 Å². The summed E-state index contributed by atoms with van der Waals surface area (Å²) in [5.74, 6) is 0.166. The summed E-state index contributed by atoms with van der Waals surface area (Å²) in [5.41, 5.74) is 4.40. The van der Waals surface area contributed by atoms with Crippen molar-refractivity contribution in [2.75, 3.05) is 22.9 Å². The van der Waals surface area contributed by atoms with Crippen LogP contribution in [-0.4, -0.2) is 28.8 Å². The molecule has 1 aliphatic rings. The number of para-hydroxylation sites is 2. The molecule has 0 unspecified atom stereocenters. The van der Waals surface area contributed by atoms with Crippen molar-refractivity contribution < 1.29 is 4.79 Å². The predicted molar refractivity (Wildman–Crippen MR) is 112 cm³/mol. The first-order valence-corrected chi connectivity index (χ1v) is 9.87. The standard InChI is InChI=1S/C23H26N4O/c1-25-17-14-20(24-25)12-13-23(28)27-16-7-15-26(18-19-8-3-2-4-9-19)21-10-5-6-11-22(21)27/h2-6,8-11,14,17H,7,12-13,15-16,18H2,1H3. The number of amides is 1. The van der Waals surface area contributed by atoms with Gasteiger partial charge in [0.25, 0.3) is 0 Å². The van der Waals surface area contributed by atoms with Crippen molar-refractivity contribution in [3.8, 4) is 0 Å². The van der Waals surface area contributed by atoms with Crippen molar-refractivity contribution in [2.24, 2.45) is 7.05 Å². The lowest BCUT2D eigenvalue weighted by Gasteiger charge is -2.27. The van der Waals surface area contributed by atoms with E-state index in [0.29, 0.717) is 12.8 Å². The van der Waals surface area contributed by atoms with Crippen molar-refractivity contribution in [1.82, 2.24) is 9.78 Å². The van der Waals surface area contributed by atoms with Crippen LogP contribution in [0.2, 0.25) is 0 Å². The Labute approximate surface area is 166 Å². The van der Waals surface area contributed by atoms with Gasteiger partial charge in [-0.3, -0.25) is 9.48 Å². The number of carbonyl (C=O) groups excluding carboxylic acids is 1. The Bertz CT molecular complexity index is 935. The number of rotatable bonds is 5. The molecule has 144 valence electrons. The summed E-state index contributed by atoms with van der Waals surface area (Å²) in [6.45, 7) is 2.55. The third-order valence-corrected chi connectivity index (χ3v) is 5.20. The molecule has 3 aromatic rings. The summed E-state index contributed by atoms with van der Waals surface area (Å²) in [7, 11) is 1.90. The molecule has 1 amide bonds. The Morgan fingerprint density at radius 2 is 1.71 bits per heavy atom. The number of fused-ring (bicyclic) bond motifs is 1. The predicted octanol–water partition coefficient (Wildman–Crippen LogP) is 3.80. The van der Waals surface area contributed by atoms with E-state index >= 15 is 0 Å². The van der Waals surface area contributed by atoms with Crippen LogP contribution in [0.3, 0.4) is 0 Å². The van der Waals surface area contributed by atoms with E-state index in [4.69, 9.17) is 0 Å². The van der Waals surface area contributed by atoms with Gasteiger partial charge in [-0.1, -0.05) is 42.5 Å². The molecule has 0 N–H and O–H groups in total. The molecule has 0 aliphatic carbocycles. The largest absolute Gasteiger partial charge is 0.365 e. The lowest BCUT2D eigenvalue weighted by Crippen LogP contribution is -2.31. The molecule has 2 aromatic carbocycles. The summed E-state index contributed by atoms with van der Waals surface area (Å²) >= 11 is 0. The van der Waals surface area contributed by atoms with Crippen molar-refractivity contribution >= 4 is 17.3 Å². The lowest BCUT2D eigenvalue weighted by atomic mass is 10.1. The third kappa shape index (κ3) is 4.09. The zero-order valence-electron chi connectivity index (χ0n) is 16.3. The number of anilines is 2. The van der Waals surface area contributed by atoms with Crippen molar-refractivity contribution in [1.29, 1.82) is 0 Å². The molecule has 0 atom stereocenters. The van der Waals surface area contributed by atoms with Crippen molar-refractivity contribution in [3.63, 3.8) is 0 Å². The van der Waals surface area contributed by atoms with Crippen LogP contribution in [-0.2, 0) is 24.8 Å². The SMILES string of the molecule is Cn1ccc(CCC(=O)N2CCCN(Cc3ccccc3)c3ccccc32)n1. The van der Waals surface area contributed by atoms with Crippen LogP contribution in [0.4, 0.5) is 11.4 Å². The molecule has 5 nitrogen and oxygen atoms in total. The van der Waals surface area contributed by atoms with E-state index < -0.39 is 0 Å². The molecule has 5 heteroatoms. The highest BCUT2D eigenvalue weighted by atomic mass is 16.2. The van der Waals surface area contributed by atoms with Crippen molar-refractivity contribution in [2.45, 2.75) is 25.8 Å². The molecule has 4 rings (SSSR count). The Balaban J connectivity index is 1.53. The zero-order chi connectivity index (χ0) is 19.3. The second-order valence-corrected chi connectivity index (χ2v) is 7.28. The quantitative estimate of drug-likeness (QED) is 0.682. The van der Waals surface area contributed by atoms with Gasteiger partial charge < -0.3 is 9.80 Å². The molecule has 0 spiro atoms. The second kappa shape index (κ2) is 8.30. The van der Waals surface area contributed by atoms with Gasteiger partial charge in [-0.15, -0.1) is 0 Å². The van der Waals surface area contributed by atoms with Crippen LogP contribution in [0.15, 0.2) is 66.9 Å². The first-order chi connectivity index (χ1) is 13.7. The average Bonchev–Trinajstić information content (AvgIpc) is 3.05. The van der Waals surface area contributed by atoms with E-state index in [2.05, 4.69) is 52.5 Å². The summed E-state index contributed by atoms with van der Waals surface area (Å²) in [6.07, 6.45) is 4.02. The molecule has 0 saturated carbocycles. The molecule has 0 bridgehead atoms. The van der Waals surface area contributed by atoms with Gasteiger partial charge >= 0.3 is 0 Å². The van der Waals surface area contributed by atoms with Crippen molar-refractivity contribution in [3.05, 3.63) is 78.1 Å². The fourth-order valence-corrected chi connectivity index (χ4v) is 3.81. The van der Waals surface area contributed by atoms with Crippen LogP contribution >= 0.6 is 0 Å². The monoisotopic (exact) mass is 374 g/mol. The Morgan fingerprint density at radius 1 is 0.964 bits per heavy atom. The highest BCUT2D eigenvalue weighted by Crippen LogP contribution is 2.33. The van der Waals surface area contributed by atoms with E-state index in [1.807, 2.05) is 36.3 Å². The molecule has 1 aliphatic heterocycles. The summed E-state index contributed by atoms with van der Waals surface area (Å²) in [5, 5.41) is 4.39. The summed E-state index contributed by atoms with van der Waals surface area (Å²) in [6, 6.07) is 20.8. The lowest BCUT2D eigenvalue weighted by molar-refractivity contribution is -0.118. The highest BCUT2D eigenvalue weighted by molar-refractivity contribution is 5.97. The number of hydrogen-bond acceptors (Lipinski definition) is 3. The fourth-order valence-electron chi connectivity index (χ4n) is 3.81. The van der Waals surface area contributed by atoms with Crippen LogP contribution in [0.1, 0.15) is 24.1 Å². The minimum atomic E-state index is 0.166. The second-order valence-electron chi connectivity index (χ2n) is 7.28. The molecule has 0 radical (unpaired) electrons. The maximum Gasteiger partial charge on any atom is 0.227 e. The number of aryl methyl sites for hydroxylation is 2. The Hall–Kier alpha value is -3.08. The maximum absolute atomic E-state index is 13.0. The van der Waals surface area contributed by atoms with Crippen LogP contribution < -0.4 is 9.80 Å². The number of hydrogen-bond donors (Lipinski definition) is 0. The molecule has 2 heterocycles. The van der Waals surface area contributed by atoms with Gasteiger partial charge in [0.2, 0.25) is 5.91 Å². The summed E-state index contributed by atoms with van der Waals surface area (Å²) in [4.78, 5) is 17.4. The number of nitrogens with zero attached hydrogens (tertiary/aromatic N) is 4. The number of carbonyl (C=O) groups is 1. The average molecular weight is 374 g/mol. The minimum Gasteiger partial charge on any atom is -0.365 e. The van der Waals surface area contributed by atoms with Gasteiger partial charge in [0, 0.05) is 45.7 Å². The molecule has 1 aromatic heterocycles. The van der Waals surface area contributed by atoms with E-state index in [1.54, 1.807) is 4.68 Å². The van der Waals surface area contributed by atoms with E-state index in [9.17, 15) is 4.79 Å². The zero-order valence-corrected chi connectivity index (χ0v) is 16.3. The third-order valence-electron chi connectivity index (χ3n) is 5.20. The van der Waals surface area contributed by atoms with Gasteiger partial charge in [-0.25, -0.2) is 0 Å². The molecular formula is C23H26N4O. The first-order valence-electron chi connectivity index (χ1n) is 9.87. The topological polar surface area (TPSA) is 41.4 Å². The summed E-state index contributed by atoms with van der Waals surface area (Å²) < 4.78 is 1.78. The van der Waals surface area contributed by atoms with Crippen LogP contribution in [0, 0.1) is 0 Å². The van der Waals surface area contributed by atoms with E-state index in [0.717, 1.165) is 43.1 Å². The maximum atomic E-state index is 13.0. The van der Waals surface area contributed by atoms with Gasteiger partial charge in [-0.05, 0) is 30.2 Å². The molecule has 28 heavy (non-hydrogen) atoms. The molecular weight excluding hydrogens is 348 g/mol. The first kappa shape index (κ1) is 18.3. The Kier molecular flexibility index (Phi) is 5.42. The normalized spacial score (nSPS) is 13.9. The minimum absolute atomic E-state index is 0.166. The Morgan fingerprint density at radius 3 is 2.46 bits per heavy atom. The fraction of sp³-hybridized carbons (Fsp3) is 0.304. The number of benzene rings is 2. The van der Waals surface area contributed by atoms with Gasteiger partial charge in [-0.2, -0.15) is 5.10 Å². The smallest absolute Gasteiger partial charge is 0.227 e. The van der Waals surface area contributed by atoms with Crippen LogP contribution in [0.5, 0.6) is 0 Å². The number of aromatic nitrogens is 2. The van der Waals surface area contributed by atoms with Gasteiger partial charge in [0.15, 0.2) is 0 Å². The van der Waals surface area contributed by atoms with E-state index in [-0.39, 0.29) is 5.91 Å². The highest BCUT2D eigenvalue weighted by Gasteiger charge is 2.24. The van der Waals surface area contributed by atoms with E-state index in [1.165, 1.54) is 5.56 Å². The molecule has 0 fully saturated rings.